The molecule has 0 aromatic rings. The van der Waals surface area contributed by atoms with Gasteiger partial charge in [-0.3, -0.25) is 0 Å². The van der Waals surface area contributed by atoms with Crippen LogP contribution in [0, 0.1) is 0 Å². The topological polar surface area (TPSA) is 55.4 Å². The van der Waals surface area contributed by atoms with Gasteiger partial charge in [-0.05, 0) is 25.8 Å². The highest BCUT2D eigenvalue weighted by molar-refractivity contribution is 7.90. The Labute approximate surface area is 92.3 Å². The zero-order chi connectivity index (χ0) is 11.1. The third-order valence-corrected chi connectivity index (χ3v) is 3.57. The Morgan fingerprint density at radius 3 is 2.80 bits per heavy atom. The predicted molar refractivity (Wildman–Crippen MR) is 60.8 cm³/mol. The maximum atomic E-state index is 10.8. The Morgan fingerprint density at radius 2 is 2.20 bits per heavy atom. The number of ether oxygens (including phenoxy) is 1. The van der Waals surface area contributed by atoms with Crippen molar-refractivity contribution >= 4 is 9.84 Å². The van der Waals surface area contributed by atoms with E-state index in [4.69, 9.17) is 4.74 Å². The van der Waals surface area contributed by atoms with Gasteiger partial charge in [-0.2, -0.15) is 0 Å². The number of hydrogen-bond acceptors (Lipinski definition) is 4. The van der Waals surface area contributed by atoms with Crippen LogP contribution in [-0.2, 0) is 14.6 Å². The fourth-order valence-electron chi connectivity index (χ4n) is 1.72. The van der Waals surface area contributed by atoms with Gasteiger partial charge in [-0.1, -0.05) is 6.42 Å². The summed E-state index contributed by atoms with van der Waals surface area (Å²) < 4.78 is 27.1. The van der Waals surface area contributed by atoms with E-state index in [9.17, 15) is 8.42 Å². The Kier molecular flexibility index (Phi) is 5.56. The van der Waals surface area contributed by atoms with Crippen LogP contribution in [0.15, 0.2) is 0 Å². The predicted octanol–water partition coefficient (Wildman–Crippen LogP) is 0.580. The van der Waals surface area contributed by atoms with E-state index in [0.29, 0.717) is 25.7 Å². The Morgan fingerprint density at radius 1 is 1.40 bits per heavy atom. The average Bonchev–Trinajstić information content (AvgIpc) is 2.17. The van der Waals surface area contributed by atoms with E-state index >= 15 is 0 Å². The molecule has 1 rings (SSSR count). The molecular weight excluding hydrogens is 214 g/mol. The smallest absolute Gasteiger partial charge is 0.147 e. The van der Waals surface area contributed by atoms with Gasteiger partial charge in [0.25, 0.3) is 0 Å². The lowest BCUT2D eigenvalue weighted by atomic mass is 10.1. The molecule has 0 aromatic carbocycles. The van der Waals surface area contributed by atoms with Crippen molar-refractivity contribution in [2.45, 2.75) is 31.7 Å². The summed E-state index contributed by atoms with van der Waals surface area (Å²) in [4.78, 5) is 0. The van der Waals surface area contributed by atoms with Crippen molar-refractivity contribution in [1.82, 2.24) is 5.32 Å². The molecule has 0 aliphatic carbocycles. The highest BCUT2D eigenvalue weighted by Crippen LogP contribution is 2.07. The summed E-state index contributed by atoms with van der Waals surface area (Å²) in [5, 5.41) is 3.38. The lowest BCUT2D eigenvalue weighted by Gasteiger charge is -2.23. The molecule has 0 spiro atoms. The average molecular weight is 235 g/mol. The van der Waals surface area contributed by atoms with E-state index in [1.54, 1.807) is 0 Å². The fourth-order valence-corrected chi connectivity index (χ4v) is 2.36. The molecule has 0 radical (unpaired) electrons. The summed E-state index contributed by atoms with van der Waals surface area (Å²) in [5.41, 5.74) is 0. The van der Waals surface area contributed by atoms with Gasteiger partial charge in [0.05, 0.1) is 12.4 Å². The first-order valence-electron chi connectivity index (χ1n) is 5.57. The van der Waals surface area contributed by atoms with Crippen LogP contribution in [0.5, 0.6) is 0 Å². The first-order valence-corrected chi connectivity index (χ1v) is 7.63. The zero-order valence-corrected chi connectivity index (χ0v) is 10.2. The van der Waals surface area contributed by atoms with Gasteiger partial charge < -0.3 is 10.1 Å². The van der Waals surface area contributed by atoms with Gasteiger partial charge in [0.15, 0.2) is 0 Å². The number of rotatable bonds is 6. The third-order valence-electron chi connectivity index (χ3n) is 2.54. The van der Waals surface area contributed by atoms with Crippen molar-refractivity contribution in [3.05, 3.63) is 0 Å². The minimum absolute atomic E-state index is 0.227. The van der Waals surface area contributed by atoms with Crippen molar-refractivity contribution in [2.75, 3.05) is 31.8 Å². The van der Waals surface area contributed by atoms with Crippen molar-refractivity contribution < 1.29 is 13.2 Å². The standard InChI is InChI=1S/C10H21NO3S/c1-15(12,13)8-4-7-14-9-10-5-2-3-6-11-10/h10-11H,2-9H2,1H3. The highest BCUT2D eigenvalue weighted by Gasteiger charge is 2.12. The first kappa shape index (κ1) is 12.9. The van der Waals surface area contributed by atoms with Gasteiger partial charge >= 0.3 is 0 Å². The second-order valence-corrected chi connectivity index (χ2v) is 6.46. The second kappa shape index (κ2) is 6.45. The van der Waals surface area contributed by atoms with Gasteiger partial charge in [-0.15, -0.1) is 0 Å². The SMILES string of the molecule is CS(=O)(=O)CCCOCC1CCCCN1. The molecule has 1 saturated heterocycles. The molecule has 0 amide bonds. The van der Waals surface area contributed by atoms with Crippen molar-refractivity contribution in [3.63, 3.8) is 0 Å². The summed E-state index contributed by atoms with van der Waals surface area (Å²) in [6, 6.07) is 0.469. The minimum atomic E-state index is -2.83. The monoisotopic (exact) mass is 235 g/mol. The van der Waals surface area contributed by atoms with E-state index in [1.807, 2.05) is 0 Å². The Balaban J connectivity index is 1.96. The van der Waals surface area contributed by atoms with Crippen LogP contribution in [0.25, 0.3) is 0 Å². The normalized spacial score (nSPS) is 22.9. The van der Waals surface area contributed by atoms with E-state index in [2.05, 4.69) is 5.32 Å². The number of nitrogens with one attached hydrogen (secondary N) is 1. The third kappa shape index (κ3) is 6.87. The van der Waals surface area contributed by atoms with Gasteiger partial charge in [-0.25, -0.2) is 8.42 Å². The molecule has 0 aromatic heterocycles. The Bertz CT molecular complexity index is 258. The first-order chi connectivity index (χ1) is 7.08. The van der Waals surface area contributed by atoms with Gasteiger partial charge in [0, 0.05) is 18.9 Å². The van der Waals surface area contributed by atoms with Crippen LogP contribution in [0.4, 0.5) is 0 Å². The molecule has 5 heteroatoms. The maximum absolute atomic E-state index is 10.8. The molecule has 1 unspecified atom stereocenters. The van der Waals surface area contributed by atoms with Crippen LogP contribution in [-0.4, -0.2) is 46.2 Å². The van der Waals surface area contributed by atoms with Crippen molar-refractivity contribution in [1.29, 1.82) is 0 Å². The zero-order valence-electron chi connectivity index (χ0n) is 9.37. The van der Waals surface area contributed by atoms with Crippen molar-refractivity contribution in [2.24, 2.45) is 0 Å². The lowest BCUT2D eigenvalue weighted by molar-refractivity contribution is 0.104. The fraction of sp³-hybridized carbons (Fsp3) is 1.00. The van der Waals surface area contributed by atoms with E-state index < -0.39 is 9.84 Å². The van der Waals surface area contributed by atoms with E-state index in [-0.39, 0.29) is 5.75 Å². The molecule has 1 N–H and O–H groups in total. The number of sulfone groups is 1. The molecular formula is C10H21NO3S. The molecule has 0 saturated carbocycles. The lowest BCUT2D eigenvalue weighted by Crippen LogP contribution is -2.37. The highest BCUT2D eigenvalue weighted by atomic mass is 32.2. The number of hydrogen-bond donors (Lipinski definition) is 1. The molecule has 1 aliphatic rings. The van der Waals surface area contributed by atoms with Crippen molar-refractivity contribution in [3.8, 4) is 0 Å². The molecule has 4 nitrogen and oxygen atoms in total. The summed E-state index contributed by atoms with van der Waals surface area (Å²) in [6.45, 7) is 2.34. The van der Waals surface area contributed by atoms with E-state index in [1.165, 1.54) is 25.5 Å². The molecule has 0 bridgehead atoms. The van der Waals surface area contributed by atoms with Crippen LogP contribution in [0.1, 0.15) is 25.7 Å². The summed E-state index contributed by atoms with van der Waals surface area (Å²) in [7, 11) is -2.83. The largest absolute Gasteiger partial charge is 0.380 e. The summed E-state index contributed by atoms with van der Waals surface area (Å²) in [6.07, 6.45) is 5.56. The quantitative estimate of drug-likeness (QED) is 0.684. The molecule has 1 atom stereocenters. The Hall–Kier alpha value is -0.130. The minimum Gasteiger partial charge on any atom is -0.380 e. The van der Waals surface area contributed by atoms with Crippen LogP contribution >= 0.6 is 0 Å². The maximum Gasteiger partial charge on any atom is 0.147 e. The van der Waals surface area contributed by atoms with Crippen LogP contribution in [0.2, 0.25) is 0 Å². The summed E-state index contributed by atoms with van der Waals surface area (Å²) in [5.74, 6) is 0.227. The summed E-state index contributed by atoms with van der Waals surface area (Å²) >= 11 is 0. The van der Waals surface area contributed by atoms with Gasteiger partial charge in [0.1, 0.15) is 9.84 Å². The molecule has 1 heterocycles. The molecule has 15 heavy (non-hydrogen) atoms. The van der Waals surface area contributed by atoms with Crippen LogP contribution in [0.3, 0.4) is 0 Å². The second-order valence-electron chi connectivity index (χ2n) is 4.21. The van der Waals surface area contributed by atoms with Crippen LogP contribution < -0.4 is 5.32 Å². The molecule has 90 valence electrons. The van der Waals surface area contributed by atoms with Gasteiger partial charge in [0.2, 0.25) is 0 Å². The molecule has 1 aliphatic heterocycles. The number of piperidine rings is 1. The van der Waals surface area contributed by atoms with E-state index in [0.717, 1.165) is 6.54 Å². The molecule has 1 fully saturated rings.